The van der Waals surface area contributed by atoms with Crippen molar-refractivity contribution in [3.05, 3.63) is 59.1 Å². The minimum absolute atomic E-state index is 0.163. The molecule has 0 aromatic heterocycles. The molecule has 2 aromatic rings. The summed E-state index contributed by atoms with van der Waals surface area (Å²) in [6.07, 6.45) is 1.32. The lowest BCUT2D eigenvalue weighted by atomic mass is 10.1. The number of carbonyl (C=O) groups excluding carboxylic acids is 2. The van der Waals surface area contributed by atoms with Crippen LogP contribution in [-0.4, -0.2) is 43.0 Å². The molecule has 0 saturated carbocycles. The number of rotatable bonds is 11. The van der Waals surface area contributed by atoms with Gasteiger partial charge in [-0.3, -0.25) is 9.59 Å². The van der Waals surface area contributed by atoms with Crippen LogP contribution >= 0.6 is 11.6 Å². The van der Waals surface area contributed by atoms with Gasteiger partial charge in [-0.25, -0.2) is 0 Å². The van der Waals surface area contributed by atoms with Crippen LogP contribution in [0.5, 0.6) is 11.5 Å². The largest absolute Gasteiger partial charge is 0.497 e. The van der Waals surface area contributed by atoms with Gasteiger partial charge in [0.2, 0.25) is 5.91 Å². The van der Waals surface area contributed by atoms with E-state index in [1.807, 2.05) is 38.1 Å². The van der Waals surface area contributed by atoms with Gasteiger partial charge in [-0.05, 0) is 48.7 Å². The van der Waals surface area contributed by atoms with Crippen molar-refractivity contribution < 1.29 is 19.1 Å². The van der Waals surface area contributed by atoms with Crippen molar-refractivity contribution >= 4 is 23.4 Å². The highest BCUT2D eigenvalue weighted by atomic mass is 35.5. The van der Waals surface area contributed by atoms with E-state index in [0.717, 1.165) is 17.7 Å². The molecular formula is C23H29ClN2O4. The minimum atomic E-state index is -0.589. The molecule has 0 radical (unpaired) electrons. The number of methoxy groups -OCH3 is 1. The van der Waals surface area contributed by atoms with Gasteiger partial charge in [-0.1, -0.05) is 43.6 Å². The molecule has 1 N–H and O–H groups in total. The van der Waals surface area contributed by atoms with Crippen LogP contribution in [0, 0.1) is 0 Å². The molecule has 0 aliphatic heterocycles. The predicted molar refractivity (Wildman–Crippen MR) is 118 cm³/mol. The van der Waals surface area contributed by atoms with E-state index in [1.54, 1.807) is 36.3 Å². The van der Waals surface area contributed by atoms with Crippen molar-refractivity contribution in [2.45, 2.75) is 39.3 Å². The highest BCUT2D eigenvalue weighted by Crippen LogP contribution is 2.19. The lowest BCUT2D eigenvalue weighted by Crippen LogP contribution is -2.50. The van der Waals surface area contributed by atoms with Gasteiger partial charge >= 0.3 is 0 Å². The van der Waals surface area contributed by atoms with E-state index < -0.39 is 6.04 Å². The second-order valence-electron chi connectivity index (χ2n) is 6.83. The number of ether oxygens (including phenoxy) is 2. The number of amides is 2. The molecule has 162 valence electrons. The molecular weight excluding hydrogens is 404 g/mol. The predicted octanol–water partition coefficient (Wildman–Crippen LogP) is 4.06. The highest BCUT2D eigenvalue weighted by molar-refractivity contribution is 6.30. The first-order chi connectivity index (χ1) is 14.5. The molecule has 2 rings (SSSR count). The van der Waals surface area contributed by atoms with Gasteiger partial charge in [0.1, 0.15) is 17.5 Å². The molecule has 0 heterocycles. The highest BCUT2D eigenvalue weighted by Gasteiger charge is 2.28. The lowest BCUT2D eigenvalue weighted by molar-refractivity contribution is -0.143. The fraction of sp³-hybridized carbons (Fsp3) is 0.391. The van der Waals surface area contributed by atoms with Crippen molar-refractivity contribution in [2.24, 2.45) is 0 Å². The first-order valence-electron chi connectivity index (χ1n) is 10.1. The third-order valence-electron chi connectivity index (χ3n) is 4.61. The molecule has 0 bridgehead atoms. The number of hydrogen-bond donors (Lipinski definition) is 1. The summed E-state index contributed by atoms with van der Waals surface area (Å²) in [6, 6.07) is 13.7. The van der Waals surface area contributed by atoms with Gasteiger partial charge in [0.25, 0.3) is 5.91 Å². The number of hydrogen-bond acceptors (Lipinski definition) is 4. The van der Waals surface area contributed by atoms with Crippen LogP contribution in [0.3, 0.4) is 0 Å². The molecule has 0 spiro atoms. The Balaban J connectivity index is 2.18. The topological polar surface area (TPSA) is 67.9 Å². The second-order valence-corrected chi connectivity index (χ2v) is 7.27. The van der Waals surface area contributed by atoms with E-state index in [1.165, 1.54) is 0 Å². The molecule has 1 unspecified atom stereocenters. The van der Waals surface area contributed by atoms with Gasteiger partial charge in [0.15, 0.2) is 6.61 Å². The summed E-state index contributed by atoms with van der Waals surface area (Å²) < 4.78 is 10.8. The molecule has 30 heavy (non-hydrogen) atoms. The Morgan fingerprint density at radius 2 is 1.83 bits per heavy atom. The van der Waals surface area contributed by atoms with Gasteiger partial charge in [-0.15, -0.1) is 0 Å². The van der Waals surface area contributed by atoms with E-state index in [4.69, 9.17) is 21.1 Å². The van der Waals surface area contributed by atoms with Crippen molar-refractivity contribution in [1.29, 1.82) is 0 Å². The summed E-state index contributed by atoms with van der Waals surface area (Å²) in [5.41, 5.74) is 0.897. The van der Waals surface area contributed by atoms with Gasteiger partial charge in [-0.2, -0.15) is 0 Å². The Morgan fingerprint density at radius 1 is 1.10 bits per heavy atom. The van der Waals surface area contributed by atoms with Crippen molar-refractivity contribution in [2.75, 3.05) is 20.3 Å². The molecule has 7 heteroatoms. The Hall–Kier alpha value is -2.73. The monoisotopic (exact) mass is 432 g/mol. The maximum atomic E-state index is 13.1. The Labute approximate surface area is 183 Å². The molecule has 6 nitrogen and oxygen atoms in total. The summed E-state index contributed by atoms with van der Waals surface area (Å²) in [4.78, 5) is 27.3. The molecule has 0 aliphatic carbocycles. The third kappa shape index (κ3) is 6.95. The zero-order valence-corrected chi connectivity index (χ0v) is 18.4. The van der Waals surface area contributed by atoms with E-state index >= 15 is 0 Å². The van der Waals surface area contributed by atoms with Crippen molar-refractivity contribution in [1.82, 2.24) is 10.2 Å². The van der Waals surface area contributed by atoms with Gasteiger partial charge in [0.05, 0.1) is 7.11 Å². The van der Waals surface area contributed by atoms with Crippen LogP contribution in [0.4, 0.5) is 0 Å². The quantitative estimate of drug-likeness (QED) is 0.581. The maximum Gasteiger partial charge on any atom is 0.261 e. The third-order valence-corrected chi connectivity index (χ3v) is 4.84. The van der Waals surface area contributed by atoms with Crippen LogP contribution in [-0.2, 0) is 16.1 Å². The molecule has 2 aromatic carbocycles. The second kappa shape index (κ2) is 12.1. The maximum absolute atomic E-state index is 13.1. The van der Waals surface area contributed by atoms with Crippen molar-refractivity contribution in [3.63, 3.8) is 0 Å². The summed E-state index contributed by atoms with van der Waals surface area (Å²) in [6.45, 7) is 4.55. The molecule has 0 saturated heterocycles. The number of halogens is 1. The fourth-order valence-electron chi connectivity index (χ4n) is 3.00. The van der Waals surface area contributed by atoms with Crippen LogP contribution in [0.15, 0.2) is 48.5 Å². The minimum Gasteiger partial charge on any atom is -0.497 e. The first kappa shape index (κ1) is 23.5. The molecule has 1 atom stereocenters. The van der Waals surface area contributed by atoms with Gasteiger partial charge in [0, 0.05) is 18.1 Å². The fourth-order valence-corrected chi connectivity index (χ4v) is 3.18. The summed E-state index contributed by atoms with van der Waals surface area (Å²) in [5.74, 6) is 0.797. The van der Waals surface area contributed by atoms with Crippen LogP contribution in [0.2, 0.25) is 5.02 Å². The van der Waals surface area contributed by atoms with E-state index in [0.29, 0.717) is 30.3 Å². The van der Waals surface area contributed by atoms with Crippen LogP contribution in [0.1, 0.15) is 32.3 Å². The Bertz CT molecular complexity index is 826. The zero-order valence-electron chi connectivity index (χ0n) is 17.7. The molecule has 2 amide bonds. The lowest BCUT2D eigenvalue weighted by Gasteiger charge is -2.30. The number of nitrogens with zero attached hydrogens (tertiary/aromatic N) is 1. The van der Waals surface area contributed by atoms with E-state index in [-0.39, 0.29) is 18.4 Å². The smallest absolute Gasteiger partial charge is 0.261 e. The number of carbonyl (C=O) groups is 2. The van der Waals surface area contributed by atoms with Crippen molar-refractivity contribution in [3.8, 4) is 11.5 Å². The Kier molecular flexibility index (Phi) is 9.48. The van der Waals surface area contributed by atoms with E-state index in [9.17, 15) is 9.59 Å². The summed E-state index contributed by atoms with van der Waals surface area (Å²) >= 11 is 5.98. The number of benzene rings is 2. The number of nitrogens with one attached hydrogen (secondary N) is 1. The average molecular weight is 433 g/mol. The summed E-state index contributed by atoms with van der Waals surface area (Å²) in [5, 5.41) is 3.42. The van der Waals surface area contributed by atoms with Crippen LogP contribution in [0.25, 0.3) is 0 Å². The van der Waals surface area contributed by atoms with Gasteiger partial charge < -0.3 is 19.7 Å². The first-order valence-corrected chi connectivity index (χ1v) is 10.4. The van der Waals surface area contributed by atoms with E-state index in [2.05, 4.69) is 5.32 Å². The SMILES string of the molecule is CCCNC(=O)C(CC)N(Cc1ccc(OC)cc1)C(=O)COc1cccc(Cl)c1. The zero-order chi connectivity index (χ0) is 21.9. The Morgan fingerprint density at radius 3 is 2.43 bits per heavy atom. The molecule has 0 fully saturated rings. The normalized spacial score (nSPS) is 11.5. The summed E-state index contributed by atoms with van der Waals surface area (Å²) in [7, 11) is 1.60. The molecule has 0 aliphatic rings. The average Bonchev–Trinajstić information content (AvgIpc) is 2.76. The van der Waals surface area contributed by atoms with Crippen LogP contribution < -0.4 is 14.8 Å². The standard InChI is InChI=1S/C23H29ClN2O4/c1-4-13-25-23(28)21(5-2)26(15-17-9-11-19(29-3)12-10-17)22(27)16-30-20-8-6-7-18(24)14-20/h6-12,14,21H,4-5,13,15-16H2,1-3H3,(H,25,28).